The van der Waals surface area contributed by atoms with Crippen molar-refractivity contribution in [3.63, 3.8) is 0 Å². The van der Waals surface area contributed by atoms with Gasteiger partial charge in [0.2, 0.25) is 5.91 Å². The molecule has 106 valence electrons. The molecule has 4 nitrogen and oxygen atoms in total. The molecule has 0 saturated heterocycles. The number of carboxylic acids is 1. The van der Waals surface area contributed by atoms with Gasteiger partial charge >= 0.3 is 5.97 Å². The van der Waals surface area contributed by atoms with Crippen LogP contribution in [-0.4, -0.2) is 17.0 Å². The summed E-state index contributed by atoms with van der Waals surface area (Å²) < 4.78 is 0. The summed E-state index contributed by atoms with van der Waals surface area (Å²) in [4.78, 5) is 23.5. The minimum atomic E-state index is -1.12. The van der Waals surface area contributed by atoms with Crippen LogP contribution in [0.15, 0.2) is 42.5 Å². The lowest BCUT2D eigenvalue weighted by atomic mass is 9.77. The van der Waals surface area contributed by atoms with Gasteiger partial charge in [0.25, 0.3) is 0 Å². The molecule has 1 aliphatic carbocycles. The first-order chi connectivity index (χ1) is 10.1. The highest BCUT2D eigenvalue weighted by molar-refractivity contribution is 6.31. The first kappa shape index (κ1) is 13.6. The monoisotopic (exact) mass is 301 g/mol. The van der Waals surface area contributed by atoms with Gasteiger partial charge in [-0.2, -0.15) is 0 Å². The van der Waals surface area contributed by atoms with E-state index in [2.05, 4.69) is 5.32 Å². The third kappa shape index (κ3) is 2.50. The number of aromatic carboxylic acids is 1. The highest BCUT2D eigenvalue weighted by Crippen LogP contribution is 2.36. The van der Waals surface area contributed by atoms with Crippen LogP contribution in [0.5, 0.6) is 0 Å². The van der Waals surface area contributed by atoms with Gasteiger partial charge in [0.1, 0.15) is 0 Å². The SMILES string of the molecule is O=C(O)c1cc(Cl)ccc1NC(=O)C1Cc2ccccc21. The van der Waals surface area contributed by atoms with Crippen molar-refractivity contribution in [1.82, 2.24) is 0 Å². The summed E-state index contributed by atoms with van der Waals surface area (Å²) in [6, 6.07) is 12.1. The molecule has 21 heavy (non-hydrogen) atoms. The molecule has 3 rings (SSSR count). The number of hydrogen-bond donors (Lipinski definition) is 2. The highest BCUT2D eigenvalue weighted by atomic mass is 35.5. The molecule has 0 radical (unpaired) electrons. The fraction of sp³-hybridized carbons (Fsp3) is 0.125. The fourth-order valence-electron chi connectivity index (χ4n) is 2.52. The minimum Gasteiger partial charge on any atom is -0.478 e. The van der Waals surface area contributed by atoms with E-state index >= 15 is 0 Å². The van der Waals surface area contributed by atoms with E-state index in [4.69, 9.17) is 16.7 Å². The number of carbonyl (C=O) groups excluding carboxylic acids is 1. The molecular weight excluding hydrogens is 290 g/mol. The first-order valence-electron chi connectivity index (χ1n) is 6.48. The third-order valence-corrected chi connectivity index (χ3v) is 3.88. The van der Waals surface area contributed by atoms with E-state index in [0.29, 0.717) is 11.4 Å². The summed E-state index contributed by atoms with van der Waals surface area (Å²) in [6.07, 6.45) is 0.679. The molecule has 2 aromatic rings. The third-order valence-electron chi connectivity index (χ3n) is 3.64. The molecule has 0 saturated carbocycles. The minimum absolute atomic E-state index is 0.0107. The predicted octanol–water partition coefficient (Wildman–Crippen LogP) is 3.32. The number of halogens is 1. The van der Waals surface area contributed by atoms with E-state index in [1.165, 1.54) is 12.1 Å². The Morgan fingerprint density at radius 2 is 1.95 bits per heavy atom. The zero-order valence-corrected chi connectivity index (χ0v) is 11.7. The van der Waals surface area contributed by atoms with Crippen molar-refractivity contribution in [2.24, 2.45) is 0 Å². The number of fused-ring (bicyclic) bond motifs is 1. The van der Waals surface area contributed by atoms with Gasteiger partial charge in [0.15, 0.2) is 0 Å². The van der Waals surface area contributed by atoms with Gasteiger partial charge in [-0.15, -0.1) is 0 Å². The second-order valence-electron chi connectivity index (χ2n) is 4.94. The Hall–Kier alpha value is -2.33. The van der Waals surface area contributed by atoms with E-state index in [9.17, 15) is 9.59 Å². The molecule has 0 fully saturated rings. The summed E-state index contributed by atoms with van der Waals surface area (Å²) in [6.45, 7) is 0. The molecule has 1 amide bonds. The molecule has 0 bridgehead atoms. The van der Waals surface area contributed by atoms with Crippen molar-refractivity contribution in [2.75, 3.05) is 5.32 Å². The van der Waals surface area contributed by atoms with E-state index in [1.54, 1.807) is 6.07 Å². The predicted molar refractivity (Wildman–Crippen MR) is 79.9 cm³/mol. The largest absolute Gasteiger partial charge is 0.478 e. The Bertz CT molecular complexity index is 742. The second kappa shape index (κ2) is 5.22. The maximum atomic E-state index is 12.3. The maximum Gasteiger partial charge on any atom is 0.337 e. The number of anilines is 1. The molecular formula is C16H12ClNO3. The van der Waals surface area contributed by atoms with Crippen molar-refractivity contribution >= 4 is 29.2 Å². The molecule has 5 heteroatoms. The topological polar surface area (TPSA) is 66.4 Å². The summed E-state index contributed by atoms with van der Waals surface area (Å²) >= 11 is 5.79. The van der Waals surface area contributed by atoms with Gasteiger partial charge in [-0.05, 0) is 35.7 Å². The number of rotatable bonds is 3. The second-order valence-corrected chi connectivity index (χ2v) is 5.38. The molecule has 2 aromatic carbocycles. The zero-order valence-electron chi connectivity index (χ0n) is 11.0. The normalized spacial score (nSPS) is 15.8. The summed E-state index contributed by atoms with van der Waals surface area (Å²) in [5.41, 5.74) is 2.41. The highest BCUT2D eigenvalue weighted by Gasteiger charge is 2.32. The van der Waals surface area contributed by atoms with Crippen molar-refractivity contribution in [2.45, 2.75) is 12.3 Å². The summed E-state index contributed by atoms with van der Waals surface area (Å²) in [5.74, 6) is -1.54. The van der Waals surface area contributed by atoms with Crippen LogP contribution >= 0.6 is 11.6 Å². The van der Waals surface area contributed by atoms with Crippen molar-refractivity contribution in [3.8, 4) is 0 Å². The lowest BCUT2D eigenvalue weighted by Crippen LogP contribution is -2.30. The number of carboxylic acid groups (broad SMARTS) is 1. The van der Waals surface area contributed by atoms with Gasteiger partial charge < -0.3 is 10.4 Å². The Morgan fingerprint density at radius 3 is 2.67 bits per heavy atom. The van der Waals surface area contributed by atoms with Crippen LogP contribution in [0.2, 0.25) is 5.02 Å². The Labute approximate surface area is 126 Å². The van der Waals surface area contributed by atoms with Crippen LogP contribution in [0.25, 0.3) is 0 Å². The Balaban J connectivity index is 1.82. The summed E-state index contributed by atoms with van der Waals surface area (Å²) in [5, 5.41) is 12.2. The first-order valence-corrected chi connectivity index (χ1v) is 6.85. The van der Waals surface area contributed by atoms with E-state index in [-0.39, 0.29) is 23.1 Å². The lowest BCUT2D eigenvalue weighted by Gasteiger charge is -2.29. The summed E-state index contributed by atoms with van der Waals surface area (Å²) in [7, 11) is 0. The maximum absolute atomic E-state index is 12.3. The van der Waals surface area contributed by atoms with Gasteiger partial charge in [-0.25, -0.2) is 4.79 Å². The van der Waals surface area contributed by atoms with Gasteiger partial charge in [-0.1, -0.05) is 35.9 Å². The van der Waals surface area contributed by atoms with Crippen molar-refractivity contribution < 1.29 is 14.7 Å². The quantitative estimate of drug-likeness (QED) is 0.914. The van der Waals surface area contributed by atoms with Crippen LogP contribution in [0.3, 0.4) is 0 Å². The Morgan fingerprint density at radius 1 is 1.19 bits per heavy atom. The standard InChI is InChI=1S/C16H12ClNO3/c17-10-5-6-14(13(8-10)16(20)21)18-15(19)12-7-9-3-1-2-4-11(9)12/h1-6,8,12H,7H2,(H,18,19)(H,20,21). The smallest absolute Gasteiger partial charge is 0.337 e. The number of amides is 1. The van der Waals surface area contributed by atoms with Crippen molar-refractivity contribution in [3.05, 3.63) is 64.2 Å². The number of carbonyl (C=O) groups is 2. The molecule has 1 aliphatic rings. The van der Waals surface area contributed by atoms with E-state index in [1.807, 2.05) is 24.3 Å². The van der Waals surface area contributed by atoms with Crippen LogP contribution in [0.4, 0.5) is 5.69 Å². The van der Waals surface area contributed by atoms with Gasteiger partial charge in [0, 0.05) is 5.02 Å². The van der Waals surface area contributed by atoms with Gasteiger partial charge in [-0.3, -0.25) is 4.79 Å². The van der Waals surface area contributed by atoms with Crippen LogP contribution in [-0.2, 0) is 11.2 Å². The molecule has 0 heterocycles. The molecule has 0 spiro atoms. The molecule has 1 unspecified atom stereocenters. The van der Waals surface area contributed by atoms with Crippen LogP contribution < -0.4 is 5.32 Å². The molecule has 2 N–H and O–H groups in total. The molecule has 0 aliphatic heterocycles. The lowest BCUT2D eigenvalue weighted by molar-refractivity contribution is -0.118. The number of benzene rings is 2. The van der Waals surface area contributed by atoms with Crippen LogP contribution in [0.1, 0.15) is 27.4 Å². The molecule has 0 aromatic heterocycles. The number of nitrogens with one attached hydrogen (secondary N) is 1. The molecule has 1 atom stereocenters. The average Bonchev–Trinajstić information content (AvgIpc) is 2.42. The van der Waals surface area contributed by atoms with Crippen molar-refractivity contribution in [1.29, 1.82) is 0 Å². The van der Waals surface area contributed by atoms with E-state index in [0.717, 1.165) is 11.1 Å². The Kier molecular flexibility index (Phi) is 3.39. The fourth-order valence-corrected chi connectivity index (χ4v) is 2.69. The zero-order chi connectivity index (χ0) is 15.0. The van der Waals surface area contributed by atoms with Gasteiger partial charge in [0.05, 0.1) is 17.2 Å². The number of hydrogen-bond acceptors (Lipinski definition) is 2. The van der Waals surface area contributed by atoms with Crippen LogP contribution in [0, 0.1) is 0 Å². The average molecular weight is 302 g/mol. The van der Waals surface area contributed by atoms with E-state index < -0.39 is 5.97 Å².